The number of fused-ring (bicyclic) bond motifs is 4. The SMILES string of the molecule is Cc1nn(-c2ccccc2)c2c1[C@@H](c1cccnc1)c1c(ncn3nc(CO/N=C\c4ccccc4)nc13)O2. The minimum atomic E-state index is -0.264. The topological polar surface area (TPSA) is 105 Å². The van der Waals surface area contributed by atoms with Crippen LogP contribution in [0, 0.1) is 6.92 Å². The molecule has 0 saturated carbocycles. The van der Waals surface area contributed by atoms with E-state index >= 15 is 0 Å². The largest absolute Gasteiger partial charge is 0.420 e. The summed E-state index contributed by atoms with van der Waals surface area (Å²) in [6, 6.07) is 23.6. The zero-order valence-electron chi connectivity index (χ0n) is 20.9. The van der Waals surface area contributed by atoms with Gasteiger partial charge in [0.25, 0.3) is 0 Å². The maximum absolute atomic E-state index is 6.43. The summed E-state index contributed by atoms with van der Waals surface area (Å²) in [5.41, 5.74) is 6.00. The highest BCUT2D eigenvalue weighted by Gasteiger charge is 2.38. The maximum atomic E-state index is 6.43. The normalized spacial score (nSPS) is 14.2. The molecule has 0 radical (unpaired) electrons. The Labute approximate surface area is 223 Å². The van der Waals surface area contributed by atoms with Gasteiger partial charge in [-0.3, -0.25) is 4.98 Å². The van der Waals surface area contributed by atoms with Crippen molar-refractivity contribution in [1.29, 1.82) is 0 Å². The van der Waals surface area contributed by atoms with Crippen LogP contribution in [0.4, 0.5) is 0 Å². The molecule has 2 aromatic carbocycles. The van der Waals surface area contributed by atoms with Crippen LogP contribution < -0.4 is 4.74 Å². The van der Waals surface area contributed by atoms with Crippen LogP contribution in [0.1, 0.15) is 39.7 Å². The lowest BCUT2D eigenvalue weighted by molar-refractivity contribution is 0.126. The molecule has 10 nitrogen and oxygen atoms in total. The molecular weight excluding hydrogens is 492 g/mol. The standard InChI is InChI=1S/C29H22N8O2/c1-19-24-25(21-11-8-14-30-16-21)26-27-33-23(17-38-32-15-20-9-4-2-5-10-20)35-36(27)18-31-28(26)39-29(24)37(34-19)22-12-6-3-7-13-22/h2-16,18,25H,17H2,1H3/b32-15-/t25-/m1/s1. The van der Waals surface area contributed by atoms with Crippen LogP contribution in [-0.4, -0.2) is 40.6 Å². The van der Waals surface area contributed by atoms with Crippen LogP contribution in [0.15, 0.2) is 96.7 Å². The predicted octanol–water partition coefficient (Wildman–Crippen LogP) is 4.85. The summed E-state index contributed by atoms with van der Waals surface area (Å²) >= 11 is 0. The lowest BCUT2D eigenvalue weighted by atomic mass is 9.85. The van der Waals surface area contributed by atoms with E-state index in [9.17, 15) is 0 Å². The van der Waals surface area contributed by atoms with E-state index in [4.69, 9.17) is 19.7 Å². The summed E-state index contributed by atoms with van der Waals surface area (Å²) in [6.07, 6.45) is 6.86. The first kappa shape index (κ1) is 22.8. The monoisotopic (exact) mass is 514 g/mol. The van der Waals surface area contributed by atoms with E-state index in [1.165, 1.54) is 0 Å². The number of oxime groups is 1. The Bertz CT molecular complexity index is 1800. The average molecular weight is 515 g/mol. The van der Waals surface area contributed by atoms with E-state index in [-0.39, 0.29) is 12.5 Å². The smallest absolute Gasteiger partial charge is 0.230 e. The molecular formula is C29H22N8O2. The van der Waals surface area contributed by atoms with Gasteiger partial charge in [-0.05, 0) is 36.2 Å². The molecule has 190 valence electrons. The molecule has 10 heteroatoms. The molecule has 6 aromatic rings. The first-order chi connectivity index (χ1) is 19.3. The minimum Gasteiger partial charge on any atom is -0.420 e. The van der Waals surface area contributed by atoms with Crippen LogP contribution in [0.5, 0.6) is 11.8 Å². The molecule has 39 heavy (non-hydrogen) atoms. The molecule has 0 bridgehead atoms. The molecule has 7 rings (SSSR count). The Morgan fingerprint density at radius 2 is 1.79 bits per heavy atom. The number of aryl methyl sites for hydroxylation is 1. The van der Waals surface area contributed by atoms with Gasteiger partial charge in [-0.1, -0.05) is 59.8 Å². The van der Waals surface area contributed by atoms with Gasteiger partial charge in [0.2, 0.25) is 11.8 Å². The van der Waals surface area contributed by atoms with E-state index in [0.29, 0.717) is 23.2 Å². The summed E-state index contributed by atoms with van der Waals surface area (Å²) in [4.78, 5) is 19.3. The van der Waals surface area contributed by atoms with Gasteiger partial charge >= 0.3 is 0 Å². The third kappa shape index (κ3) is 4.08. The van der Waals surface area contributed by atoms with Gasteiger partial charge in [-0.25, -0.2) is 19.2 Å². The van der Waals surface area contributed by atoms with Crippen molar-refractivity contribution >= 4 is 11.9 Å². The van der Waals surface area contributed by atoms with Gasteiger partial charge in [0.05, 0.1) is 34.6 Å². The van der Waals surface area contributed by atoms with Crippen molar-refractivity contribution in [1.82, 2.24) is 34.3 Å². The summed E-state index contributed by atoms with van der Waals surface area (Å²) in [5, 5.41) is 13.5. The number of ether oxygens (including phenoxy) is 1. The van der Waals surface area contributed by atoms with E-state index < -0.39 is 0 Å². The zero-order chi connectivity index (χ0) is 26.2. The van der Waals surface area contributed by atoms with Crippen molar-refractivity contribution in [3.8, 4) is 17.4 Å². The maximum Gasteiger partial charge on any atom is 0.230 e. The first-order valence-electron chi connectivity index (χ1n) is 12.4. The van der Waals surface area contributed by atoms with Crippen molar-refractivity contribution in [3.63, 3.8) is 0 Å². The number of benzene rings is 2. The van der Waals surface area contributed by atoms with Gasteiger partial charge in [-0.2, -0.15) is 5.10 Å². The lowest BCUT2D eigenvalue weighted by Crippen LogP contribution is -2.16. The van der Waals surface area contributed by atoms with Crippen LogP contribution >= 0.6 is 0 Å². The van der Waals surface area contributed by atoms with Crippen molar-refractivity contribution in [3.05, 3.63) is 125 Å². The van der Waals surface area contributed by atoms with Gasteiger partial charge in [0.1, 0.15) is 6.33 Å². The number of rotatable bonds is 6. The van der Waals surface area contributed by atoms with Crippen molar-refractivity contribution in [2.45, 2.75) is 19.4 Å². The average Bonchev–Trinajstić information content (AvgIpc) is 3.56. The molecule has 1 aliphatic rings. The van der Waals surface area contributed by atoms with Crippen molar-refractivity contribution in [2.24, 2.45) is 5.16 Å². The second-order valence-electron chi connectivity index (χ2n) is 9.05. The number of hydrogen-bond acceptors (Lipinski definition) is 8. The lowest BCUT2D eigenvalue weighted by Gasteiger charge is -2.26. The fourth-order valence-electron chi connectivity index (χ4n) is 4.84. The Morgan fingerprint density at radius 3 is 2.59 bits per heavy atom. The second-order valence-corrected chi connectivity index (χ2v) is 9.05. The van der Waals surface area contributed by atoms with Crippen molar-refractivity contribution in [2.75, 3.05) is 0 Å². The zero-order valence-corrected chi connectivity index (χ0v) is 20.9. The number of para-hydroxylation sites is 1. The Kier molecular flexibility index (Phi) is 5.55. The van der Waals surface area contributed by atoms with Gasteiger partial charge in [-0.15, -0.1) is 5.10 Å². The molecule has 0 saturated heterocycles. The molecule has 1 atom stereocenters. The third-order valence-electron chi connectivity index (χ3n) is 6.55. The van der Waals surface area contributed by atoms with Crippen LogP contribution in [0.2, 0.25) is 0 Å². The predicted molar refractivity (Wildman–Crippen MR) is 143 cm³/mol. The molecule has 0 unspecified atom stereocenters. The number of aromatic nitrogens is 7. The summed E-state index contributed by atoms with van der Waals surface area (Å²) in [5.74, 6) is 1.28. The molecule has 0 spiro atoms. The molecule has 0 fully saturated rings. The van der Waals surface area contributed by atoms with E-state index in [1.54, 1.807) is 23.3 Å². The molecule has 0 aliphatic carbocycles. The van der Waals surface area contributed by atoms with Crippen LogP contribution in [0.3, 0.4) is 0 Å². The second kappa shape index (κ2) is 9.49. The molecule has 4 aromatic heterocycles. The summed E-state index contributed by atoms with van der Waals surface area (Å²) < 4.78 is 9.90. The Hall–Kier alpha value is -5.38. The summed E-state index contributed by atoms with van der Waals surface area (Å²) in [7, 11) is 0. The summed E-state index contributed by atoms with van der Waals surface area (Å²) in [6.45, 7) is 2.09. The van der Waals surface area contributed by atoms with Crippen LogP contribution in [-0.2, 0) is 11.4 Å². The number of pyridine rings is 1. The molecule has 1 aliphatic heterocycles. The quantitative estimate of drug-likeness (QED) is 0.231. The van der Waals surface area contributed by atoms with E-state index in [2.05, 4.69) is 20.2 Å². The molecule has 5 heterocycles. The number of hydrogen-bond donors (Lipinski definition) is 0. The van der Waals surface area contributed by atoms with Gasteiger partial charge < -0.3 is 9.57 Å². The first-order valence-corrected chi connectivity index (χ1v) is 12.4. The van der Waals surface area contributed by atoms with E-state index in [0.717, 1.165) is 33.6 Å². The van der Waals surface area contributed by atoms with E-state index in [1.807, 2.05) is 90.6 Å². The fourth-order valence-corrected chi connectivity index (χ4v) is 4.84. The highest BCUT2D eigenvalue weighted by molar-refractivity contribution is 5.78. The fraction of sp³-hybridized carbons (Fsp3) is 0.103. The Morgan fingerprint density at radius 1 is 0.974 bits per heavy atom. The van der Waals surface area contributed by atoms with Crippen LogP contribution in [0.25, 0.3) is 11.3 Å². The van der Waals surface area contributed by atoms with Crippen molar-refractivity contribution < 1.29 is 9.57 Å². The highest BCUT2D eigenvalue weighted by Crippen LogP contribution is 2.49. The van der Waals surface area contributed by atoms with Gasteiger partial charge in [0, 0.05) is 12.4 Å². The Balaban J connectivity index is 1.31. The molecule has 0 amide bonds. The third-order valence-corrected chi connectivity index (χ3v) is 6.55. The van der Waals surface area contributed by atoms with Gasteiger partial charge in [0.15, 0.2) is 18.1 Å². The molecule has 0 N–H and O–H groups in total. The highest BCUT2D eigenvalue weighted by atomic mass is 16.6. The minimum absolute atomic E-state index is 0.106. The number of nitrogens with zero attached hydrogens (tertiary/aromatic N) is 8.